The number of hydrogen-bond acceptors (Lipinski definition) is 4. The third kappa shape index (κ3) is 4.21. The van der Waals surface area contributed by atoms with Crippen molar-refractivity contribution in [3.05, 3.63) is 46.5 Å². The van der Waals surface area contributed by atoms with Gasteiger partial charge in [0.2, 0.25) is 0 Å². The van der Waals surface area contributed by atoms with Crippen LogP contribution in [0.5, 0.6) is 0 Å². The molecule has 146 valence electrons. The number of aryl methyl sites for hydroxylation is 4. The Bertz CT molecular complexity index is 787. The minimum atomic E-state index is 0.158. The maximum Gasteiger partial charge on any atom is 0.150 e. The van der Waals surface area contributed by atoms with Gasteiger partial charge in [-0.25, -0.2) is 0 Å². The molecule has 1 aliphatic rings. The quantitative estimate of drug-likeness (QED) is 0.574. The van der Waals surface area contributed by atoms with Gasteiger partial charge in [0.15, 0.2) is 5.50 Å². The lowest BCUT2D eigenvalue weighted by Gasteiger charge is -2.27. The van der Waals surface area contributed by atoms with Crippen LogP contribution in [0, 0.1) is 27.7 Å². The Balaban J connectivity index is 1.87. The molecule has 0 aromatic heterocycles. The van der Waals surface area contributed by atoms with Crippen LogP contribution in [0.2, 0.25) is 0 Å². The molecule has 0 bridgehead atoms. The van der Waals surface area contributed by atoms with E-state index in [0.717, 1.165) is 13.1 Å². The van der Waals surface area contributed by atoms with E-state index in [1.165, 1.54) is 57.1 Å². The van der Waals surface area contributed by atoms with E-state index in [1.807, 2.05) is 11.8 Å². The Kier molecular flexibility index (Phi) is 6.25. The molecule has 1 atom stereocenters. The van der Waals surface area contributed by atoms with Crippen molar-refractivity contribution in [1.82, 2.24) is 0 Å². The van der Waals surface area contributed by atoms with Gasteiger partial charge in [-0.2, -0.15) is 0 Å². The van der Waals surface area contributed by atoms with Gasteiger partial charge in [-0.15, -0.1) is 0 Å². The molecule has 0 fully saturated rings. The second kappa shape index (κ2) is 8.47. The third-order valence-corrected chi connectivity index (χ3v) is 6.23. The van der Waals surface area contributed by atoms with Crippen LogP contribution in [0.4, 0.5) is 17.1 Å². The fraction of sp³-hybridized carbons (Fsp3) is 0.478. The number of anilines is 3. The molecule has 2 aromatic carbocycles. The lowest BCUT2D eigenvalue weighted by molar-refractivity contribution is 0.737. The molecule has 0 radical (unpaired) electrons. The molecule has 0 saturated carbocycles. The number of thioether (sulfide) groups is 1. The summed E-state index contributed by atoms with van der Waals surface area (Å²) in [7, 11) is 0. The number of nitrogens with zero attached hydrogens (tertiary/aromatic N) is 1. The zero-order valence-corrected chi connectivity index (χ0v) is 18.4. The molecule has 0 spiro atoms. The maximum atomic E-state index is 3.73. The number of fused-ring (bicyclic) bond motifs is 1. The molecule has 2 aromatic rings. The first-order valence-corrected chi connectivity index (χ1v) is 11.0. The van der Waals surface area contributed by atoms with Crippen LogP contribution in [-0.4, -0.2) is 18.6 Å². The highest BCUT2D eigenvalue weighted by atomic mass is 32.2. The average Bonchev–Trinajstić information content (AvgIpc) is 3.00. The topological polar surface area (TPSA) is 27.3 Å². The van der Waals surface area contributed by atoms with Crippen molar-refractivity contribution in [2.45, 2.75) is 64.8 Å². The molecule has 3 rings (SSSR count). The van der Waals surface area contributed by atoms with E-state index in [-0.39, 0.29) is 5.50 Å². The Hall–Kier alpha value is -1.81. The summed E-state index contributed by atoms with van der Waals surface area (Å²) >= 11 is 1.91. The molecule has 2 N–H and O–H groups in total. The Labute approximate surface area is 168 Å². The highest BCUT2D eigenvalue weighted by molar-refractivity contribution is 8.00. The van der Waals surface area contributed by atoms with Gasteiger partial charge in [-0.1, -0.05) is 49.4 Å². The van der Waals surface area contributed by atoms with Crippen LogP contribution in [0.3, 0.4) is 0 Å². The summed E-state index contributed by atoms with van der Waals surface area (Å²) in [5, 5.41) is 7.42. The molecule has 0 amide bonds. The van der Waals surface area contributed by atoms with Gasteiger partial charge in [0.25, 0.3) is 0 Å². The number of benzene rings is 2. The molecule has 1 heterocycles. The number of rotatable bonds is 7. The van der Waals surface area contributed by atoms with E-state index >= 15 is 0 Å². The zero-order chi connectivity index (χ0) is 19.6. The summed E-state index contributed by atoms with van der Waals surface area (Å²) in [4.78, 5) is 3.95. The van der Waals surface area contributed by atoms with Crippen molar-refractivity contribution in [3.8, 4) is 0 Å². The van der Waals surface area contributed by atoms with Gasteiger partial charge in [-0.05, 0) is 63.3 Å². The fourth-order valence-corrected chi connectivity index (χ4v) is 5.32. The van der Waals surface area contributed by atoms with E-state index in [9.17, 15) is 0 Å². The Morgan fingerprint density at radius 3 is 2.19 bits per heavy atom. The van der Waals surface area contributed by atoms with Gasteiger partial charge >= 0.3 is 0 Å². The highest BCUT2D eigenvalue weighted by Gasteiger charge is 2.27. The average molecular weight is 384 g/mol. The summed E-state index contributed by atoms with van der Waals surface area (Å²) in [6.07, 6.45) is 2.34. The van der Waals surface area contributed by atoms with E-state index < -0.39 is 0 Å². The molecular weight excluding hydrogens is 350 g/mol. The molecule has 1 unspecified atom stereocenters. The largest absolute Gasteiger partial charge is 0.370 e. The zero-order valence-electron chi connectivity index (χ0n) is 17.6. The monoisotopic (exact) mass is 383 g/mol. The van der Waals surface area contributed by atoms with Crippen molar-refractivity contribution >= 4 is 28.8 Å². The summed E-state index contributed by atoms with van der Waals surface area (Å²) < 4.78 is 0. The summed E-state index contributed by atoms with van der Waals surface area (Å²) in [5.74, 6) is 0. The minimum absolute atomic E-state index is 0.158. The smallest absolute Gasteiger partial charge is 0.150 e. The van der Waals surface area contributed by atoms with Crippen LogP contribution in [-0.2, 0) is 0 Å². The van der Waals surface area contributed by atoms with Crippen LogP contribution < -0.4 is 15.5 Å². The lowest BCUT2D eigenvalue weighted by Crippen LogP contribution is -2.26. The van der Waals surface area contributed by atoms with E-state index in [1.54, 1.807) is 0 Å². The number of hydrogen-bond donors (Lipinski definition) is 2. The summed E-state index contributed by atoms with van der Waals surface area (Å²) in [5.41, 5.74) is 9.36. The lowest BCUT2D eigenvalue weighted by atomic mass is 10.1. The molecule has 4 heteroatoms. The molecule has 0 aliphatic carbocycles. The standard InChI is InChI=1S/C23H33N3S/c1-7-11-26(12-8-2)21-16(4)9-10-19-22(21)27-23(24-19)25-20-17(5)13-15(3)14-18(20)6/h9-10,13-14,23-25H,7-8,11-12H2,1-6H3. The van der Waals surface area contributed by atoms with Crippen LogP contribution in [0.1, 0.15) is 48.9 Å². The molecule has 1 aliphatic heterocycles. The van der Waals surface area contributed by atoms with Gasteiger partial charge in [0, 0.05) is 18.8 Å². The van der Waals surface area contributed by atoms with Crippen LogP contribution in [0.25, 0.3) is 0 Å². The first-order valence-electron chi connectivity index (χ1n) is 10.1. The van der Waals surface area contributed by atoms with Crippen molar-refractivity contribution < 1.29 is 0 Å². The predicted molar refractivity (Wildman–Crippen MR) is 122 cm³/mol. The molecule has 3 nitrogen and oxygen atoms in total. The summed E-state index contributed by atoms with van der Waals surface area (Å²) in [6, 6.07) is 8.99. The van der Waals surface area contributed by atoms with Gasteiger partial charge in [-0.3, -0.25) is 0 Å². The van der Waals surface area contributed by atoms with Gasteiger partial charge in [0.1, 0.15) is 0 Å². The summed E-state index contributed by atoms with van der Waals surface area (Å²) in [6.45, 7) is 15.5. The Morgan fingerprint density at radius 2 is 1.59 bits per heavy atom. The SMILES string of the molecule is CCCN(CCC)c1c(C)ccc2c1SC(Nc1c(C)cc(C)cc1C)N2. The van der Waals surface area contributed by atoms with E-state index in [4.69, 9.17) is 0 Å². The molecule has 27 heavy (non-hydrogen) atoms. The van der Waals surface area contributed by atoms with Gasteiger partial charge < -0.3 is 15.5 Å². The van der Waals surface area contributed by atoms with Crippen molar-refractivity contribution in [2.75, 3.05) is 28.6 Å². The first kappa shape index (κ1) is 19.9. The number of nitrogens with one attached hydrogen (secondary N) is 2. The maximum absolute atomic E-state index is 3.73. The predicted octanol–water partition coefficient (Wildman–Crippen LogP) is 6.46. The third-order valence-electron chi connectivity index (χ3n) is 5.11. The van der Waals surface area contributed by atoms with Crippen molar-refractivity contribution in [3.63, 3.8) is 0 Å². The highest BCUT2D eigenvalue weighted by Crippen LogP contribution is 2.46. The van der Waals surface area contributed by atoms with E-state index in [2.05, 4.69) is 81.3 Å². The second-order valence-corrected chi connectivity index (χ2v) is 8.77. The van der Waals surface area contributed by atoms with E-state index in [0.29, 0.717) is 0 Å². The van der Waals surface area contributed by atoms with Crippen molar-refractivity contribution in [1.29, 1.82) is 0 Å². The van der Waals surface area contributed by atoms with Gasteiger partial charge in [0.05, 0.1) is 16.3 Å². The first-order chi connectivity index (χ1) is 12.9. The fourth-order valence-electron chi connectivity index (χ4n) is 4.06. The second-order valence-electron chi connectivity index (χ2n) is 7.66. The minimum Gasteiger partial charge on any atom is -0.370 e. The normalized spacial score (nSPS) is 15.4. The van der Waals surface area contributed by atoms with Crippen LogP contribution in [0.15, 0.2) is 29.2 Å². The van der Waals surface area contributed by atoms with Crippen molar-refractivity contribution in [2.24, 2.45) is 0 Å². The molecular formula is C23H33N3S. The Morgan fingerprint density at radius 1 is 0.963 bits per heavy atom. The van der Waals surface area contributed by atoms with Crippen LogP contribution >= 0.6 is 11.8 Å². The molecule has 0 saturated heterocycles.